The van der Waals surface area contributed by atoms with Gasteiger partial charge in [-0.1, -0.05) is 28.9 Å². The Kier molecular flexibility index (Phi) is 7.96. The molecule has 3 rings (SSSR count). The van der Waals surface area contributed by atoms with Crippen LogP contribution in [0.4, 0.5) is 0 Å². The lowest BCUT2D eigenvalue weighted by molar-refractivity contribution is -0.224. The van der Waals surface area contributed by atoms with Crippen molar-refractivity contribution in [2.24, 2.45) is 5.92 Å². The average Bonchev–Trinajstić information content (AvgIpc) is 2.66. The summed E-state index contributed by atoms with van der Waals surface area (Å²) in [7, 11) is -4.63. The largest absolute Gasteiger partial charge is 0.397 e. The maximum absolute atomic E-state index is 12.3. The van der Waals surface area contributed by atoms with Gasteiger partial charge in [0.15, 0.2) is 5.78 Å². The molecule has 0 saturated carbocycles. The van der Waals surface area contributed by atoms with Crippen LogP contribution in [0.1, 0.15) is 60.3 Å². The third-order valence-corrected chi connectivity index (χ3v) is 6.50. The molecular weight excluding hydrogens is 444 g/mol. The Balaban J connectivity index is 1.90. The highest BCUT2D eigenvalue weighted by atomic mass is 32.3. The molecule has 0 aromatic heterocycles. The van der Waals surface area contributed by atoms with Crippen molar-refractivity contribution < 1.29 is 31.4 Å². The van der Waals surface area contributed by atoms with E-state index in [1.54, 1.807) is 19.1 Å². The number of carbonyl (C=O) groups excluding carboxylic acids is 1. The minimum atomic E-state index is -4.63. The van der Waals surface area contributed by atoms with Crippen molar-refractivity contribution in [2.75, 3.05) is 6.61 Å². The second kappa shape index (κ2) is 10.2. The van der Waals surface area contributed by atoms with Crippen LogP contribution >= 0.6 is 0 Å². The molecule has 1 N–H and O–H groups in total. The zero-order valence-corrected chi connectivity index (χ0v) is 20.8. The number of hydrogen-bond acceptors (Lipinski definition) is 6. The normalized spacial score (nSPS) is 30.4. The van der Waals surface area contributed by atoms with Crippen LogP contribution in [0.15, 0.2) is 58.2 Å². The maximum atomic E-state index is 12.3. The summed E-state index contributed by atoms with van der Waals surface area (Å²) < 4.78 is 49.0. The fraction of sp³-hybridized carbons (Fsp3) is 0.560. The zero-order chi connectivity index (χ0) is 24.4. The van der Waals surface area contributed by atoms with Gasteiger partial charge in [0.1, 0.15) is 0 Å². The van der Waals surface area contributed by atoms with Gasteiger partial charge in [0.05, 0.1) is 18.8 Å². The Morgan fingerprint density at radius 3 is 2.61 bits per heavy atom. The van der Waals surface area contributed by atoms with Gasteiger partial charge in [-0.2, -0.15) is 8.42 Å². The molecule has 0 aromatic rings. The van der Waals surface area contributed by atoms with Crippen LogP contribution < -0.4 is 0 Å². The second-order valence-corrected chi connectivity index (χ2v) is 10.6. The lowest BCUT2D eigenvalue weighted by Crippen LogP contribution is -2.49. The number of allylic oxidation sites excluding steroid dienone is 4. The predicted molar refractivity (Wildman–Crippen MR) is 126 cm³/mol. The molecule has 0 saturated heterocycles. The highest BCUT2D eigenvalue weighted by Gasteiger charge is 2.45. The second-order valence-electron chi connectivity index (χ2n) is 9.48. The molecule has 0 radical (unpaired) electrons. The monoisotopic (exact) mass is 478 g/mol. The molecule has 8 heteroatoms. The Morgan fingerprint density at radius 2 is 1.94 bits per heavy atom. The summed E-state index contributed by atoms with van der Waals surface area (Å²) in [6.07, 6.45) is 11.8. The number of fused-ring (bicyclic) bond motifs is 1. The summed E-state index contributed by atoms with van der Waals surface area (Å²) in [6.45, 7) is 9.63. The molecule has 0 aromatic carbocycles. The summed E-state index contributed by atoms with van der Waals surface area (Å²) in [5, 5.41) is 0. The molecule has 0 amide bonds. The lowest BCUT2D eigenvalue weighted by Gasteiger charge is -2.45. The Bertz CT molecular complexity index is 1040. The summed E-state index contributed by atoms with van der Waals surface area (Å²) in [5.41, 5.74) is 4.74. The molecule has 7 nitrogen and oxygen atoms in total. The number of Topliss-reactive ketones (excluding diaryl/α,β-unsaturated/α-hetero) is 1. The zero-order valence-electron chi connectivity index (χ0n) is 20.0. The smallest absolute Gasteiger partial charge is 0.335 e. The molecule has 182 valence electrons. The first kappa shape index (κ1) is 25.8. The standard InChI is InChI=1S/C25H34O7S/c1-16(2)7-6-8-17(3)9-21-10-18(4)13-25(31-21)14-20(15-30-33(27,28)29)22-12-23(26)19(5)11-24(22)32-25/h7,9,11,13-14,21-22,24H,6,8,10,12,15H2,1-5H3,(H,27,28,29)/b17-9+/t21-,22-,24-,25+/m1/s1. The molecule has 1 aliphatic carbocycles. The molecule has 0 unspecified atom stereocenters. The SMILES string of the molecule is CC(C)=CCC/C(C)=C/[C@@H]1CC(C)=C[C@]2(C=C(COS(=O)(=O)O)[C@H]3CC(=O)C(C)=C[C@H]3O2)O1. The molecule has 1 spiro atoms. The number of rotatable bonds is 7. The van der Waals surface area contributed by atoms with Crippen molar-refractivity contribution in [1.29, 1.82) is 0 Å². The summed E-state index contributed by atoms with van der Waals surface area (Å²) in [4.78, 5) is 12.3. The molecule has 2 heterocycles. The van der Waals surface area contributed by atoms with Gasteiger partial charge < -0.3 is 9.47 Å². The first-order chi connectivity index (χ1) is 15.4. The van der Waals surface area contributed by atoms with Crippen molar-refractivity contribution in [2.45, 2.75) is 78.3 Å². The van der Waals surface area contributed by atoms with E-state index in [0.717, 1.165) is 24.8 Å². The molecule has 3 aliphatic rings. The molecule has 0 fully saturated rings. The van der Waals surface area contributed by atoms with Gasteiger partial charge in [-0.25, -0.2) is 4.18 Å². The third-order valence-electron chi connectivity index (χ3n) is 6.08. The lowest BCUT2D eigenvalue weighted by atomic mass is 9.79. The molecule has 4 atom stereocenters. The van der Waals surface area contributed by atoms with Gasteiger partial charge in [0.25, 0.3) is 0 Å². The van der Waals surface area contributed by atoms with E-state index < -0.39 is 22.3 Å². The van der Waals surface area contributed by atoms with E-state index in [1.807, 2.05) is 13.0 Å². The van der Waals surface area contributed by atoms with E-state index in [2.05, 4.69) is 37.1 Å². The molecule has 33 heavy (non-hydrogen) atoms. The summed E-state index contributed by atoms with van der Waals surface area (Å²) in [5.74, 6) is -1.62. The van der Waals surface area contributed by atoms with E-state index >= 15 is 0 Å². The number of hydrogen-bond donors (Lipinski definition) is 1. The van der Waals surface area contributed by atoms with Crippen LogP contribution in [0, 0.1) is 5.92 Å². The van der Waals surface area contributed by atoms with Gasteiger partial charge in [-0.15, -0.1) is 0 Å². The van der Waals surface area contributed by atoms with Crippen LogP contribution in [0.5, 0.6) is 0 Å². The van der Waals surface area contributed by atoms with E-state index in [9.17, 15) is 13.2 Å². The van der Waals surface area contributed by atoms with Gasteiger partial charge >= 0.3 is 10.4 Å². The van der Waals surface area contributed by atoms with Crippen molar-refractivity contribution in [1.82, 2.24) is 0 Å². The van der Waals surface area contributed by atoms with Crippen molar-refractivity contribution >= 4 is 16.2 Å². The van der Waals surface area contributed by atoms with Crippen LogP contribution in [0.2, 0.25) is 0 Å². The average molecular weight is 479 g/mol. The van der Waals surface area contributed by atoms with Gasteiger partial charge in [0.2, 0.25) is 5.79 Å². The van der Waals surface area contributed by atoms with Crippen LogP contribution in [-0.2, 0) is 28.9 Å². The Morgan fingerprint density at radius 1 is 1.21 bits per heavy atom. The minimum absolute atomic E-state index is 0.0300. The van der Waals surface area contributed by atoms with Crippen molar-refractivity contribution in [3.63, 3.8) is 0 Å². The van der Waals surface area contributed by atoms with Crippen LogP contribution in [0.3, 0.4) is 0 Å². The molecule has 0 bridgehead atoms. The van der Waals surface area contributed by atoms with E-state index in [0.29, 0.717) is 11.1 Å². The highest BCUT2D eigenvalue weighted by Crippen LogP contribution is 2.42. The fourth-order valence-corrected chi connectivity index (χ4v) is 4.83. The minimum Gasteiger partial charge on any atom is -0.335 e. The maximum Gasteiger partial charge on any atom is 0.397 e. The Hall–Kier alpha value is -1.84. The Labute approximate surface area is 196 Å². The first-order valence-corrected chi connectivity index (χ1v) is 12.6. The molecule has 2 aliphatic heterocycles. The quantitative estimate of drug-likeness (QED) is 0.415. The van der Waals surface area contributed by atoms with Crippen LogP contribution in [-0.4, -0.2) is 43.4 Å². The van der Waals surface area contributed by atoms with Crippen molar-refractivity contribution in [3.8, 4) is 0 Å². The van der Waals surface area contributed by atoms with Gasteiger partial charge in [-0.05, 0) is 83.3 Å². The fourth-order valence-electron chi connectivity index (χ4n) is 4.55. The van der Waals surface area contributed by atoms with E-state index in [-0.39, 0.29) is 30.8 Å². The summed E-state index contributed by atoms with van der Waals surface area (Å²) in [6, 6.07) is 0. The first-order valence-electron chi connectivity index (χ1n) is 11.3. The van der Waals surface area contributed by atoms with E-state index in [1.165, 1.54) is 11.1 Å². The number of carbonyl (C=O) groups is 1. The number of ether oxygens (including phenoxy) is 2. The van der Waals surface area contributed by atoms with Crippen molar-refractivity contribution in [3.05, 3.63) is 58.2 Å². The molecular formula is C25H34O7S. The summed E-state index contributed by atoms with van der Waals surface area (Å²) >= 11 is 0. The highest BCUT2D eigenvalue weighted by molar-refractivity contribution is 7.80. The van der Waals surface area contributed by atoms with E-state index in [4.69, 9.17) is 14.0 Å². The van der Waals surface area contributed by atoms with Gasteiger partial charge in [0, 0.05) is 12.3 Å². The topological polar surface area (TPSA) is 99.1 Å². The van der Waals surface area contributed by atoms with Gasteiger partial charge in [-0.3, -0.25) is 9.35 Å². The number of ketones is 1. The third kappa shape index (κ3) is 7.07. The van der Waals surface area contributed by atoms with Crippen LogP contribution in [0.25, 0.3) is 0 Å². The predicted octanol–water partition coefficient (Wildman–Crippen LogP) is 4.79.